The van der Waals surface area contributed by atoms with Crippen LogP contribution in [0.25, 0.3) is 0 Å². The molecule has 0 atom stereocenters. The van der Waals surface area contributed by atoms with Crippen molar-refractivity contribution in [3.05, 3.63) is 62.6 Å². The molecule has 0 saturated carbocycles. The lowest BCUT2D eigenvalue weighted by molar-refractivity contribution is 0.306. The SMILES string of the molecule is Cl.NC(N)=N/N=C/c1cccc(OCc2ccc(Cl)c(Cl)c2)c1Cl. The molecule has 2 aromatic rings. The molecule has 24 heavy (non-hydrogen) atoms. The molecule has 0 saturated heterocycles. The van der Waals surface area contributed by atoms with Gasteiger partial charge in [0.15, 0.2) is 0 Å². The van der Waals surface area contributed by atoms with Gasteiger partial charge in [0.2, 0.25) is 5.96 Å². The minimum absolute atomic E-state index is 0. The van der Waals surface area contributed by atoms with Crippen LogP contribution in [0.15, 0.2) is 46.6 Å². The van der Waals surface area contributed by atoms with Crippen molar-refractivity contribution in [2.75, 3.05) is 0 Å². The van der Waals surface area contributed by atoms with E-state index >= 15 is 0 Å². The van der Waals surface area contributed by atoms with Crippen molar-refractivity contribution in [3.8, 4) is 5.75 Å². The van der Waals surface area contributed by atoms with E-state index in [0.29, 0.717) is 33.0 Å². The van der Waals surface area contributed by atoms with Crippen LogP contribution in [0, 0.1) is 0 Å². The molecule has 0 amide bonds. The molecule has 0 unspecified atom stereocenters. The summed E-state index contributed by atoms with van der Waals surface area (Å²) in [4.78, 5) is 0. The van der Waals surface area contributed by atoms with Crippen LogP contribution in [0.3, 0.4) is 0 Å². The Labute approximate surface area is 160 Å². The van der Waals surface area contributed by atoms with Crippen LogP contribution in [0.5, 0.6) is 5.75 Å². The van der Waals surface area contributed by atoms with E-state index in [1.54, 1.807) is 30.3 Å². The smallest absolute Gasteiger partial charge is 0.211 e. The highest BCUT2D eigenvalue weighted by Crippen LogP contribution is 2.29. The average molecular weight is 408 g/mol. The maximum absolute atomic E-state index is 6.27. The van der Waals surface area contributed by atoms with Gasteiger partial charge in [-0.2, -0.15) is 5.10 Å². The van der Waals surface area contributed by atoms with Gasteiger partial charge in [0, 0.05) is 5.56 Å². The Morgan fingerprint density at radius 2 is 1.83 bits per heavy atom. The van der Waals surface area contributed by atoms with Gasteiger partial charge in [-0.3, -0.25) is 0 Å². The number of benzene rings is 2. The molecular weight excluding hydrogens is 394 g/mol. The first-order valence-corrected chi connectivity index (χ1v) is 7.58. The molecule has 128 valence electrons. The average Bonchev–Trinajstić information content (AvgIpc) is 2.51. The summed E-state index contributed by atoms with van der Waals surface area (Å²) in [6.45, 7) is 0.297. The molecule has 0 fully saturated rings. The zero-order chi connectivity index (χ0) is 16.8. The Morgan fingerprint density at radius 3 is 2.50 bits per heavy atom. The second-order valence-corrected chi connectivity index (χ2v) is 5.66. The van der Waals surface area contributed by atoms with Gasteiger partial charge in [0.05, 0.1) is 21.3 Å². The Balaban J connectivity index is 0.00000288. The van der Waals surface area contributed by atoms with Crippen LogP contribution in [0.2, 0.25) is 15.1 Å². The number of hydrogen-bond acceptors (Lipinski definition) is 3. The summed E-state index contributed by atoms with van der Waals surface area (Å²) in [7, 11) is 0. The van der Waals surface area contributed by atoms with E-state index in [-0.39, 0.29) is 18.4 Å². The third-order valence-corrected chi connectivity index (χ3v) is 3.89. The topological polar surface area (TPSA) is 86.0 Å². The van der Waals surface area contributed by atoms with Crippen molar-refractivity contribution in [1.82, 2.24) is 0 Å². The van der Waals surface area contributed by atoms with Gasteiger partial charge in [0.1, 0.15) is 12.4 Å². The fraction of sp³-hybridized carbons (Fsp3) is 0.0667. The number of nitrogens with zero attached hydrogens (tertiary/aromatic N) is 2. The molecule has 0 aliphatic heterocycles. The van der Waals surface area contributed by atoms with Crippen molar-refractivity contribution in [3.63, 3.8) is 0 Å². The van der Waals surface area contributed by atoms with E-state index in [1.165, 1.54) is 6.21 Å². The van der Waals surface area contributed by atoms with E-state index in [9.17, 15) is 0 Å². The number of ether oxygens (including phenoxy) is 1. The van der Waals surface area contributed by atoms with Crippen LogP contribution in [-0.2, 0) is 6.61 Å². The van der Waals surface area contributed by atoms with Gasteiger partial charge in [-0.1, -0.05) is 53.0 Å². The van der Waals surface area contributed by atoms with Crippen LogP contribution in [0.1, 0.15) is 11.1 Å². The molecule has 4 N–H and O–H groups in total. The molecule has 2 rings (SSSR count). The normalized spacial score (nSPS) is 10.3. The number of nitrogens with two attached hydrogens (primary N) is 2. The summed E-state index contributed by atoms with van der Waals surface area (Å²) < 4.78 is 5.71. The van der Waals surface area contributed by atoms with Gasteiger partial charge in [0.25, 0.3) is 0 Å². The molecule has 2 aromatic carbocycles. The highest BCUT2D eigenvalue weighted by Gasteiger charge is 2.07. The molecule has 5 nitrogen and oxygen atoms in total. The third-order valence-electron chi connectivity index (χ3n) is 2.74. The summed E-state index contributed by atoms with van der Waals surface area (Å²) in [5.41, 5.74) is 11.9. The predicted molar refractivity (Wildman–Crippen MR) is 103 cm³/mol. The minimum Gasteiger partial charge on any atom is -0.487 e. The first-order chi connectivity index (χ1) is 11.0. The summed E-state index contributed by atoms with van der Waals surface area (Å²) in [5.74, 6) is 0.371. The number of guanidine groups is 1. The van der Waals surface area contributed by atoms with Gasteiger partial charge in [-0.15, -0.1) is 17.5 Å². The lowest BCUT2D eigenvalue weighted by atomic mass is 10.2. The fourth-order valence-electron chi connectivity index (χ4n) is 1.69. The molecule has 0 aliphatic rings. The van der Waals surface area contributed by atoms with Crippen LogP contribution >= 0.6 is 47.2 Å². The molecule has 0 heterocycles. The lowest BCUT2D eigenvalue weighted by Gasteiger charge is -2.10. The Bertz CT molecular complexity index is 761. The highest BCUT2D eigenvalue weighted by molar-refractivity contribution is 6.42. The molecule has 0 radical (unpaired) electrons. The predicted octanol–water partition coefficient (Wildman–Crippen LogP) is 4.25. The fourth-order valence-corrected chi connectivity index (χ4v) is 2.24. The molecule has 0 bridgehead atoms. The molecule has 0 aromatic heterocycles. The number of hydrogen-bond donors (Lipinski definition) is 2. The lowest BCUT2D eigenvalue weighted by Crippen LogP contribution is -2.21. The zero-order valence-electron chi connectivity index (χ0n) is 12.2. The van der Waals surface area contributed by atoms with E-state index in [0.717, 1.165) is 5.56 Å². The Hall–Kier alpha value is -1.66. The van der Waals surface area contributed by atoms with Crippen molar-refractivity contribution in [1.29, 1.82) is 0 Å². The quantitative estimate of drug-likeness (QED) is 0.441. The zero-order valence-corrected chi connectivity index (χ0v) is 15.3. The van der Waals surface area contributed by atoms with E-state index in [4.69, 9.17) is 51.0 Å². The van der Waals surface area contributed by atoms with E-state index in [1.807, 2.05) is 6.07 Å². The first-order valence-electron chi connectivity index (χ1n) is 6.44. The summed E-state index contributed by atoms with van der Waals surface area (Å²) in [6, 6.07) is 10.6. The van der Waals surface area contributed by atoms with Gasteiger partial charge >= 0.3 is 0 Å². The third kappa shape index (κ3) is 5.76. The standard InChI is InChI=1S/C15H13Cl3N4O.ClH/c16-11-5-4-9(6-12(11)17)8-23-13-3-1-2-10(14(13)18)7-21-22-15(19)20;/h1-7H,8H2,(H4,19,20,22);1H/b21-7+;. The number of rotatable bonds is 5. The summed E-state index contributed by atoms with van der Waals surface area (Å²) in [6.07, 6.45) is 1.44. The van der Waals surface area contributed by atoms with Crippen molar-refractivity contribution in [2.45, 2.75) is 6.61 Å². The second kappa shape index (κ2) is 9.59. The van der Waals surface area contributed by atoms with E-state index < -0.39 is 0 Å². The van der Waals surface area contributed by atoms with E-state index in [2.05, 4.69) is 10.2 Å². The van der Waals surface area contributed by atoms with Crippen LogP contribution in [-0.4, -0.2) is 12.2 Å². The number of halogens is 4. The van der Waals surface area contributed by atoms with Crippen molar-refractivity contribution >= 4 is 59.4 Å². The molecule has 0 spiro atoms. The Morgan fingerprint density at radius 1 is 1.08 bits per heavy atom. The second-order valence-electron chi connectivity index (χ2n) is 4.47. The van der Waals surface area contributed by atoms with Crippen molar-refractivity contribution < 1.29 is 4.74 Å². The van der Waals surface area contributed by atoms with Crippen LogP contribution in [0.4, 0.5) is 0 Å². The summed E-state index contributed by atoms with van der Waals surface area (Å²) >= 11 is 18.1. The van der Waals surface area contributed by atoms with Gasteiger partial charge in [-0.25, -0.2) is 0 Å². The maximum Gasteiger partial charge on any atom is 0.211 e. The molecule has 0 aliphatic carbocycles. The van der Waals surface area contributed by atoms with Gasteiger partial charge < -0.3 is 16.2 Å². The summed E-state index contributed by atoms with van der Waals surface area (Å²) in [5, 5.41) is 8.61. The van der Waals surface area contributed by atoms with Crippen LogP contribution < -0.4 is 16.2 Å². The molecular formula is C15H14Cl4N4O. The minimum atomic E-state index is -0.135. The largest absolute Gasteiger partial charge is 0.487 e. The Kier molecular flexibility index (Phi) is 8.15. The highest BCUT2D eigenvalue weighted by atomic mass is 35.5. The van der Waals surface area contributed by atoms with Crippen molar-refractivity contribution in [2.24, 2.45) is 21.7 Å². The van der Waals surface area contributed by atoms with Gasteiger partial charge in [-0.05, 0) is 23.8 Å². The maximum atomic E-state index is 6.27. The molecule has 9 heteroatoms. The first kappa shape index (κ1) is 20.4. The monoisotopic (exact) mass is 406 g/mol.